The van der Waals surface area contributed by atoms with Gasteiger partial charge in [-0.25, -0.2) is 0 Å². The molecule has 0 spiro atoms. The van der Waals surface area contributed by atoms with Gasteiger partial charge in [0.05, 0.1) is 0 Å². The number of nitrogens with zero attached hydrogens (tertiary/aromatic N) is 1. The first-order valence-electron chi connectivity index (χ1n) is 8.26. The maximum atomic E-state index is 3.53. The van der Waals surface area contributed by atoms with Gasteiger partial charge >= 0.3 is 0 Å². The van der Waals surface area contributed by atoms with Crippen LogP contribution in [-0.4, -0.2) is 37.6 Å². The summed E-state index contributed by atoms with van der Waals surface area (Å²) >= 11 is 0. The third-order valence-electron chi connectivity index (χ3n) is 5.90. The zero-order chi connectivity index (χ0) is 12.4. The van der Waals surface area contributed by atoms with E-state index in [-0.39, 0.29) is 0 Å². The predicted molar refractivity (Wildman–Crippen MR) is 76.7 cm³/mol. The highest BCUT2D eigenvalue weighted by Crippen LogP contribution is 2.37. The quantitative estimate of drug-likeness (QED) is 0.828. The van der Waals surface area contributed by atoms with Gasteiger partial charge in [0, 0.05) is 19.1 Å². The number of rotatable bonds is 3. The van der Waals surface area contributed by atoms with Crippen molar-refractivity contribution in [1.82, 2.24) is 10.2 Å². The van der Waals surface area contributed by atoms with Crippen molar-refractivity contribution in [1.29, 1.82) is 0 Å². The number of nitrogens with one attached hydrogen (secondary N) is 1. The van der Waals surface area contributed by atoms with E-state index in [1.165, 1.54) is 71.0 Å². The van der Waals surface area contributed by atoms with Crippen LogP contribution >= 0.6 is 0 Å². The molecule has 1 N–H and O–H groups in total. The van der Waals surface area contributed by atoms with E-state index in [0.29, 0.717) is 0 Å². The van der Waals surface area contributed by atoms with E-state index in [0.717, 1.165) is 23.8 Å². The van der Waals surface area contributed by atoms with E-state index in [2.05, 4.69) is 17.3 Å². The molecule has 0 amide bonds. The van der Waals surface area contributed by atoms with Gasteiger partial charge in [-0.05, 0) is 57.0 Å². The van der Waals surface area contributed by atoms with Crippen LogP contribution in [0.5, 0.6) is 0 Å². The second-order valence-corrected chi connectivity index (χ2v) is 6.94. The van der Waals surface area contributed by atoms with Crippen molar-refractivity contribution in [2.24, 2.45) is 17.8 Å². The van der Waals surface area contributed by atoms with Gasteiger partial charge in [-0.15, -0.1) is 0 Å². The van der Waals surface area contributed by atoms with Crippen molar-refractivity contribution in [3.63, 3.8) is 0 Å². The molecule has 1 aliphatic heterocycles. The Labute approximate surface area is 113 Å². The van der Waals surface area contributed by atoms with E-state index in [4.69, 9.17) is 0 Å². The highest BCUT2D eigenvalue weighted by Gasteiger charge is 2.33. The minimum atomic E-state index is 0.800. The monoisotopic (exact) mass is 250 g/mol. The Balaban J connectivity index is 1.51. The molecule has 4 atom stereocenters. The topological polar surface area (TPSA) is 15.3 Å². The van der Waals surface area contributed by atoms with Crippen LogP contribution < -0.4 is 5.32 Å². The Hall–Kier alpha value is -0.0800. The van der Waals surface area contributed by atoms with Crippen LogP contribution in [-0.2, 0) is 0 Å². The summed E-state index contributed by atoms with van der Waals surface area (Å²) in [6, 6.07) is 0.800. The Kier molecular flexibility index (Phi) is 4.25. The molecule has 0 bridgehead atoms. The van der Waals surface area contributed by atoms with Crippen molar-refractivity contribution >= 4 is 0 Å². The molecule has 104 valence electrons. The Bertz CT molecular complexity index is 266. The van der Waals surface area contributed by atoms with Gasteiger partial charge in [-0.3, -0.25) is 0 Å². The maximum Gasteiger partial charge on any atom is 0.0104 e. The normalized spacial score (nSPS) is 41.8. The van der Waals surface area contributed by atoms with Crippen LogP contribution in [0.4, 0.5) is 0 Å². The Morgan fingerprint density at radius 2 is 1.78 bits per heavy atom. The molecule has 2 nitrogen and oxygen atoms in total. The summed E-state index contributed by atoms with van der Waals surface area (Å²) in [6.07, 6.45) is 11.8. The largest absolute Gasteiger partial charge is 0.317 e. The van der Waals surface area contributed by atoms with Crippen molar-refractivity contribution in [3.05, 3.63) is 0 Å². The fraction of sp³-hybridized carbons (Fsp3) is 1.00. The zero-order valence-corrected chi connectivity index (χ0v) is 12.0. The number of likely N-dealkylation sites (tertiary alicyclic amines) is 1. The summed E-state index contributed by atoms with van der Waals surface area (Å²) in [5.41, 5.74) is 0. The molecule has 2 heteroatoms. The van der Waals surface area contributed by atoms with E-state index < -0.39 is 0 Å². The van der Waals surface area contributed by atoms with Gasteiger partial charge in [0.1, 0.15) is 0 Å². The lowest BCUT2D eigenvalue weighted by Gasteiger charge is -2.42. The molecule has 0 radical (unpaired) electrons. The number of hydrogen-bond donors (Lipinski definition) is 1. The van der Waals surface area contributed by atoms with Crippen molar-refractivity contribution in [2.75, 3.05) is 26.7 Å². The Morgan fingerprint density at radius 3 is 2.61 bits per heavy atom. The van der Waals surface area contributed by atoms with E-state index in [1.54, 1.807) is 0 Å². The minimum absolute atomic E-state index is 0.800. The minimum Gasteiger partial charge on any atom is -0.317 e. The van der Waals surface area contributed by atoms with Crippen molar-refractivity contribution < 1.29 is 0 Å². The van der Waals surface area contributed by atoms with Crippen LogP contribution in [0.2, 0.25) is 0 Å². The molecule has 3 rings (SSSR count). The summed E-state index contributed by atoms with van der Waals surface area (Å²) < 4.78 is 0. The van der Waals surface area contributed by atoms with Crippen molar-refractivity contribution in [3.8, 4) is 0 Å². The molecule has 0 aromatic carbocycles. The van der Waals surface area contributed by atoms with Crippen LogP contribution in [0.3, 0.4) is 0 Å². The molecule has 1 saturated heterocycles. The SMILES string of the molecule is CNC1CCCC1CN1CCC2CCCCC2C1. The fourth-order valence-corrected chi connectivity index (χ4v) is 4.81. The highest BCUT2D eigenvalue weighted by atomic mass is 15.1. The Morgan fingerprint density at radius 1 is 0.944 bits per heavy atom. The summed E-state index contributed by atoms with van der Waals surface area (Å²) in [5.74, 6) is 3.05. The van der Waals surface area contributed by atoms with Gasteiger partial charge in [0.15, 0.2) is 0 Å². The molecule has 0 aromatic heterocycles. The first-order chi connectivity index (χ1) is 8.86. The second kappa shape index (κ2) is 5.92. The van der Waals surface area contributed by atoms with E-state index >= 15 is 0 Å². The number of hydrogen-bond acceptors (Lipinski definition) is 2. The lowest BCUT2D eigenvalue weighted by molar-refractivity contribution is 0.0732. The van der Waals surface area contributed by atoms with Gasteiger partial charge in [0.25, 0.3) is 0 Å². The molecular weight excluding hydrogens is 220 g/mol. The first kappa shape index (κ1) is 12.9. The summed E-state index contributed by atoms with van der Waals surface area (Å²) in [4.78, 5) is 2.80. The zero-order valence-electron chi connectivity index (χ0n) is 12.0. The molecular formula is C16H30N2. The molecule has 2 aliphatic carbocycles. The van der Waals surface area contributed by atoms with Crippen LogP contribution in [0.25, 0.3) is 0 Å². The third kappa shape index (κ3) is 2.75. The van der Waals surface area contributed by atoms with Crippen LogP contribution in [0.1, 0.15) is 51.4 Å². The smallest absolute Gasteiger partial charge is 0.0104 e. The van der Waals surface area contributed by atoms with Gasteiger partial charge in [0.2, 0.25) is 0 Å². The standard InChI is InChI=1S/C16H30N2/c1-17-16-8-4-7-15(16)12-18-10-9-13-5-2-3-6-14(13)11-18/h13-17H,2-12H2,1H3. The molecule has 3 aliphatic rings. The summed E-state index contributed by atoms with van der Waals surface area (Å²) in [5, 5.41) is 3.53. The molecule has 3 fully saturated rings. The van der Waals surface area contributed by atoms with Crippen molar-refractivity contribution in [2.45, 2.75) is 57.4 Å². The van der Waals surface area contributed by atoms with Gasteiger partial charge < -0.3 is 10.2 Å². The lowest BCUT2D eigenvalue weighted by atomic mass is 9.75. The van der Waals surface area contributed by atoms with E-state index in [9.17, 15) is 0 Å². The average Bonchev–Trinajstić information content (AvgIpc) is 2.86. The molecule has 0 aromatic rings. The average molecular weight is 250 g/mol. The van der Waals surface area contributed by atoms with Gasteiger partial charge in [-0.2, -0.15) is 0 Å². The summed E-state index contributed by atoms with van der Waals surface area (Å²) in [6.45, 7) is 4.17. The molecule has 4 unspecified atom stereocenters. The molecule has 2 saturated carbocycles. The number of fused-ring (bicyclic) bond motifs is 1. The lowest BCUT2D eigenvalue weighted by Crippen LogP contribution is -2.45. The molecule has 1 heterocycles. The van der Waals surface area contributed by atoms with E-state index in [1.807, 2.05) is 0 Å². The van der Waals surface area contributed by atoms with Crippen LogP contribution in [0, 0.1) is 17.8 Å². The maximum absolute atomic E-state index is 3.53. The first-order valence-corrected chi connectivity index (χ1v) is 8.26. The van der Waals surface area contributed by atoms with Gasteiger partial charge in [-0.1, -0.05) is 25.7 Å². The predicted octanol–water partition coefficient (Wildman–Crippen LogP) is 2.89. The van der Waals surface area contributed by atoms with Crippen LogP contribution in [0.15, 0.2) is 0 Å². The number of piperidine rings is 1. The fourth-order valence-electron chi connectivity index (χ4n) is 4.81. The third-order valence-corrected chi connectivity index (χ3v) is 5.90. The highest BCUT2D eigenvalue weighted by molar-refractivity contribution is 4.88. The molecule has 18 heavy (non-hydrogen) atoms. The second-order valence-electron chi connectivity index (χ2n) is 6.94. The summed E-state index contributed by atoms with van der Waals surface area (Å²) in [7, 11) is 2.15.